The van der Waals surface area contributed by atoms with Crippen LogP contribution >= 0.6 is 0 Å². The van der Waals surface area contributed by atoms with Crippen LogP contribution in [0.5, 0.6) is 0 Å². The van der Waals surface area contributed by atoms with Gasteiger partial charge in [0.05, 0.1) is 24.3 Å². The van der Waals surface area contributed by atoms with Crippen molar-refractivity contribution in [2.75, 3.05) is 44.7 Å². The van der Waals surface area contributed by atoms with Gasteiger partial charge in [0.2, 0.25) is 0 Å². The number of aryl methyl sites for hydroxylation is 1. The maximum atomic E-state index is 13.5. The molecule has 5 rings (SSSR count). The van der Waals surface area contributed by atoms with Crippen LogP contribution in [0.25, 0.3) is 21.8 Å². The fraction of sp³-hybridized carbons (Fsp3) is 0.387. The van der Waals surface area contributed by atoms with Gasteiger partial charge in [-0.05, 0) is 55.3 Å². The number of anilines is 1. The predicted molar refractivity (Wildman–Crippen MR) is 153 cm³/mol. The van der Waals surface area contributed by atoms with E-state index in [0.717, 1.165) is 47.0 Å². The molecule has 0 atom stereocenters. The van der Waals surface area contributed by atoms with Crippen molar-refractivity contribution in [1.29, 1.82) is 0 Å². The molecule has 230 valence electrons. The number of alkyl halides is 6. The van der Waals surface area contributed by atoms with Crippen LogP contribution in [0.4, 0.5) is 36.8 Å². The van der Waals surface area contributed by atoms with Crippen molar-refractivity contribution in [3.63, 3.8) is 0 Å². The maximum absolute atomic E-state index is 13.5. The number of hydrogen-bond donors (Lipinski definition) is 1. The summed E-state index contributed by atoms with van der Waals surface area (Å²) in [5.41, 5.74) is -0.676. The van der Waals surface area contributed by atoms with Crippen LogP contribution in [0.2, 0.25) is 0 Å². The first-order chi connectivity index (χ1) is 20.4. The van der Waals surface area contributed by atoms with Crippen molar-refractivity contribution in [2.45, 2.75) is 38.8 Å². The van der Waals surface area contributed by atoms with Gasteiger partial charge < -0.3 is 19.5 Å². The summed E-state index contributed by atoms with van der Waals surface area (Å²) in [5, 5.41) is 4.35. The maximum Gasteiger partial charge on any atom is 0.416 e. The minimum Gasteiger partial charge on any atom is -0.379 e. The summed E-state index contributed by atoms with van der Waals surface area (Å²) in [5.74, 6) is 0. The number of halogens is 6. The molecule has 0 aliphatic carbocycles. The lowest BCUT2D eigenvalue weighted by Gasteiger charge is -2.28. The molecule has 6 nitrogen and oxygen atoms in total. The molecule has 0 unspecified atom stereocenters. The number of ether oxygens (including phenoxy) is 1. The Morgan fingerprint density at radius 2 is 1.53 bits per heavy atom. The molecule has 1 aliphatic heterocycles. The molecule has 1 aliphatic rings. The lowest BCUT2D eigenvalue weighted by Crippen LogP contribution is -2.40. The van der Waals surface area contributed by atoms with Gasteiger partial charge in [0.1, 0.15) is 0 Å². The fourth-order valence-corrected chi connectivity index (χ4v) is 5.55. The number of nitrogens with zero attached hydrogens (tertiary/aromatic N) is 3. The van der Waals surface area contributed by atoms with Crippen LogP contribution in [-0.4, -0.2) is 59.8 Å². The zero-order valence-corrected chi connectivity index (χ0v) is 23.6. The molecule has 0 radical (unpaired) electrons. The minimum absolute atomic E-state index is 0.0394. The van der Waals surface area contributed by atoms with E-state index < -0.39 is 35.2 Å². The van der Waals surface area contributed by atoms with Gasteiger partial charge in [-0.1, -0.05) is 24.3 Å². The van der Waals surface area contributed by atoms with Gasteiger partial charge in [0.25, 0.3) is 0 Å². The third-order valence-electron chi connectivity index (χ3n) is 7.66. The molecular formula is C31H32F6N4O2. The summed E-state index contributed by atoms with van der Waals surface area (Å²) >= 11 is 0. The Balaban J connectivity index is 1.43. The molecular weight excluding hydrogens is 574 g/mol. The zero-order valence-electron chi connectivity index (χ0n) is 23.6. The van der Waals surface area contributed by atoms with Gasteiger partial charge in [-0.25, -0.2) is 4.79 Å². The Kier molecular flexibility index (Phi) is 8.89. The highest BCUT2D eigenvalue weighted by atomic mass is 19.4. The number of para-hydroxylation sites is 1. The standard InChI is InChI=1S/C31H32F6N4O2/c1-2-41-27-7-4-3-6-25(27)26-16-21(8-9-28(26)41)20-40(11-5-10-39-12-14-43-15-13-39)29(42)38-24-18-22(30(32,33)34)17-23(19-24)31(35,36)37/h3-4,6-9,16-19H,2,5,10-15,20H2,1H3,(H,38,42). The summed E-state index contributed by atoms with van der Waals surface area (Å²) in [6, 6.07) is 14.1. The number of fused-ring (bicyclic) bond motifs is 3. The highest BCUT2D eigenvalue weighted by Crippen LogP contribution is 2.38. The van der Waals surface area contributed by atoms with Crippen molar-refractivity contribution < 1.29 is 35.9 Å². The Morgan fingerprint density at radius 1 is 0.884 bits per heavy atom. The number of hydrogen-bond acceptors (Lipinski definition) is 3. The number of nitrogens with one attached hydrogen (secondary N) is 1. The van der Waals surface area contributed by atoms with Crippen molar-refractivity contribution in [2.24, 2.45) is 0 Å². The Bertz CT molecular complexity index is 1560. The van der Waals surface area contributed by atoms with Gasteiger partial charge in [-0.3, -0.25) is 4.90 Å². The van der Waals surface area contributed by atoms with Crippen LogP contribution in [0.3, 0.4) is 0 Å². The molecule has 0 bridgehead atoms. The average Bonchev–Trinajstić information content (AvgIpc) is 3.29. The number of urea groups is 1. The van der Waals surface area contributed by atoms with Gasteiger partial charge in [-0.2, -0.15) is 26.3 Å². The third-order valence-corrected chi connectivity index (χ3v) is 7.66. The third kappa shape index (κ3) is 7.07. The van der Waals surface area contributed by atoms with Crippen molar-refractivity contribution in [3.05, 3.63) is 77.4 Å². The number of carbonyl (C=O) groups is 1. The zero-order chi connectivity index (χ0) is 30.8. The first kappa shape index (κ1) is 30.7. The minimum atomic E-state index is -5.02. The van der Waals surface area contributed by atoms with Crippen molar-refractivity contribution >= 4 is 33.5 Å². The molecule has 0 saturated carbocycles. The molecule has 3 aromatic carbocycles. The summed E-state index contributed by atoms with van der Waals surface area (Å²) < 4.78 is 88.1. The van der Waals surface area contributed by atoms with Crippen molar-refractivity contribution in [3.8, 4) is 0 Å². The summed E-state index contributed by atoms with van der Waals surface area (Å²) in [6.07, 6.45) is -9.49. The first-order valence-electron chi connectivity index (χ1n) is 14.1. The highest BCUT2D eigenvalue weighted by molar-refractivity contribution is 6.08. The van der Waals surface area contributed by atoms with Crippen LogP contribution < -0.4 is 5.32 Å². The molecule has 2 heterocycles. The van der Waals surface area contributed by atoms with E-state index in [1.54, 1.807) is 0 Å². The molecule has 0 spiro atoms. The van der Waals surface area contributed by atoms with Gasteiger partial charge in [0, 0.05) is 66.8 Å². The second kappa shape index (κ2) is 12.5. The van der Waals surface area contributed by atoms with Gasteiger partial charge in [-0.15, -0.1) is 0 Å². The number of benzene rings is 3. The van der Waals surface area contributed by atoms with Crippen LogP contribution in [0.15, 0.2) is 60.7 Å². The van der Waals surface area contributed by atoms with Gasteiger partial charge in [0.15, 0.2) is 0 Å². The molecule has 1 saturated heterocycles. The SMILES string of the molecule is CCn1c2ccccc2c2cc(CN(CCCN3CCOCC3)C(=O)Nc3cc(C(F)(F)F)cc(C(F)(F)F)c3)ccc21. The van der Waals surface area contributed by atoms with E-state index in [-0.39, 0.29) is 19.2 Å². The summed E-state index contributed by atoms with van der Waals surface area (Å²) in [6.45, 7) is 6.53. The number of carbonyl (C=O) groups excluding carboxylic acids is 1. The normalized spacial score (nSPS) is 14.9. The highest BCUT2D eigenvalue weighted by Gasteiger charge is 2.37. The van der Waals surface area contributed by atoms with E-state index in [0.29, 0.717) is 38.3 Å². The van der Waals surface area contributed by atoms with Crippen molar-refractivity contribution in [1.82, 2.24) is 14.4 Å². The molecule has 1 N–H and O–H groups in total. The van der Waals surface area contributed by atoms with E-state index in [2.05, 4.69) is 21.7 Å². The first-order valence-corrected chi connectivity index (χ1v) is 14.1. The molecule has 43 heavy (non-hydrogen) atoms. The number of aromatic nitrogens is 1. The predicted octanol–water partition coefficient (Wildman–Crippen LogP) is 7.61. The quantitative estimate of drug-likeness (QED) is 0.210. The smallest absolute Gasteiger partial charge is 0.379 e. The largest absolute Gasteiger partial charge is 0.416 e. The monoisotopic (exact) mass is 606 g/mol. The lowest BCUT2D eigenvalue weighted by molar-refractivity contribution is -0.143. The Labute approximate surface area is 244 Å². The molecule has 1 fully saturated rings. The number of rotatable bonds is 8. The fourth-order valence-electron chi connectivity index (χ4n) is 5.55. The van der Waals surface area contributed by atoms with Crippen LogP contribution in [-0.2, 0) is 30.2 Å². The molecule has 4 aromatic rings. The summed E-state index contributed by atoms with van der Waals surface area (Å²) in [4.78, 5) is 17.1. The van der Waals surface area contributed by atoms with E-state index in [9.17, 15) is 31.1 Å². The number of amides is 2. The second-order valence-corrected chi connectivity index (χ2v) is 10.6. The summed E-state index contributed by atoms with van der Waals surface area (Å²) in [7, 11) is 0. The van der Waals surface area contributed by atoms with E-state index in [4.69, 9.17) is 4.74 Å². The van der Waals surface area contributed by atoms with E-state index in [1.807, 2.05) is 42.5 Å². The van der Waals surface area contributed by atoms with E-state index >= 15 is 0 Å². The van der Waals surface area contributed by atoms with Crippen LogP contribution in [0, 0.1) is 0 Å². The van der Waals surface area contributed by atoms with E-state index in [1.165, 1.54) is 4.90 Å². The Hall–Kier alpha value is -3.77. The molecule has 12 heteroatoms. The number of morpholine rings is 1. The van der Waals surface area contributed by atoms with Crippen LogP contribution in [0.1, 0.15) is 30.0 Å². The Morgan fingerprint density at radius 3 is 2.19 bits per heavy atom. The van der Waals surface area contributed by atoms with Gasteiger partial charge >= 0.3 is 18.4 Å². The molecule has 2 amide bonds. The second-order valence-electron chi connectivity index (χ2n) is 10.6. The topological polar surface area (TPSA) is 49.7 Å². The average molecular weight is 607 g/mol. The lowest BCUT2D eigenvalue weighted by atomic mass is 10.1. The molecule has 1 aromatic heterocycles.